The van der Waals surface area contributed by atoms with Crippen LogP contribution >= 0.6 is 0 Å². The smallest absolute Gasteiger partial charge is 0.234 e. The van der Waals surface area contributed by atoms with Gasteiger partial charge in [0.1, 0.15) is 0 Å². The van der Waals surface area contributed by atoms with Gasteiger partial charge in [-0.3, -0.25) is 4.57 Å². The van der Waals surface area contributed by atoms with Crippen molar-refractivity contribution in [3.8, 4) is 39.3 Å². The van der Waals surface area contributed by atoms with Crippen molar-refractivity contribution < 1.29 is 0 Å². The summed E-state index contributed by atoms with van der Waals surface area (Å²) in [5, 5.41) is 6.38. The third kappa shape index (κ3) is 2.44. The maximum atomic E-state index is 4.56. The molecule has 0 aliphatic heterocycles. The normalized spacial score (nSPS) is 12.0. The summed E-state index contributed by atoms with van der Waals surface area (Å²) in [4.78, 5) is 9.13. The fourth-order valence-corrected chi connectivity index (χ4v) is 5.92. The van der Waals surface area contributed by atoms with Crippen molar-refractivity contribution >= 4 is 32.4 Å². The third-order valence-corrected chi connectivity index (χ3v) is 7.29. The second kappa shape index (κ2) is 6.87. The van der Waals surface area contributed by atoms with Crippen LogP contribution in [0.4, 0.5) is 0 Å². The summed E-state index contributed by atoms with van der Waals surface area (Å²) in [5.74, 6) is 0.683. The molecule has 5 aromatic carbocycles. The molecule has 0 radical (unpaired) electrons. The van der Waals surface area contributed by atoms with Gasteiger partial charge < -0.3 is 0 Å². The minimum Gasteiger partial charge on any atom is -0.285 e. The Morgan fingerprint density at radius 1 is 0.457 bits per heavy atom. The summed E-state index contributed by atoms with van der Waals surface area (Å²) in [6.45, 7) is 0. The van der Waals surface area contributed by atoms with Gasteiger partial charge in [0.05, 0.1) is 5.52 Å². The van der Waals surface area contributed by atoms with E-state index in [0.717, 1.165) is 5.52 Å². The van der Waals surface area contributed by atoms with Crippen LogP contribution in [0.5, 0.6) is 0 Å². The number of fused-ring (bicyclic) bond motifs is 10. The highest BCUT2D eigenvalue weighted by Crippen LogP contribution is 2.53. The Morgan fingerprint density at radius 3 is 1.74 bits per heavy atom. The number of hydrogen-bond acceptors (Lipinski definition) is 2. The lowest BCUT2D eigenvalue weighted by atomic mass is 9.85. The monoisotopic (exact) mass is 445 g/mol. The fraction of sp³-hybridized carbons (Fsp3) is 0. The topological polar surface area (TPSA) is 30.7 Å². The molecule has 0 N–H and O–H groups in total. The van der Waals surface area contributed by atoms with Gasteiger partial charge in [0.15, 0.2) is 0 Å². The zero-order valence-corrected chi connectivity index (χ0v) is 18.8. The minimum atomic E-state index is 0.683. The lowest BCUT2D eigenvalue weighted by Crippen LogP contribution is -1.98. The highest BCUT2D eigenvalue weighted by atomic mass is 15.1. The molecule has 0 fully saturated rings. The van der Waals surface area contributed by atoms with Gasteiger partial charge in [0.2, 0.25) is 5.95 Å². The van der Waals surface area contributed by atoms with Gasteiger partial charge in [0.25, 0.3) is 0 Å². The van der Waals surface area contributed by atoms with E-state index < -0.39 is 0 Å². The van der Waals surface area contributed by atoms with Gasteiger partial charge in [-0.2, -0.15) is 0 Å². The molecule has 0 bridgehead atoms. The highest BCUT2D eigenvalue weighted by molar-refractivity contribution is 6.27. The molecule has 3 heteroatoms. The van der Waals surface area contributed by atoms with Crippen LogP contribution in [0, 0.1) is 0 Å². The number of aromatic nitrogens is 3. The molecule has 7 aromatic rings. The molecule has 0 unspecified atom stereocenters. The van der Waals surface area contributed by atoms with Gasteiger partial charge >= 0.3 is 0 Å². The maximum Gasteiger partial charge on any atom is 0.234 e. The molecule has 2 aromatic heterocycles. The Kier molecular flexibility index (Phi) is 3.66. The predicted octanol–water partition coefficient (Wildman–Crippen LogP) is 8.04. The van der Waals surface area contributed by atoms with Gasteiger partial charge in [-0.25, -0.2) is 9.97 Å². The summed E-state index contributed by atoms with van der Waals surface area (Å²) in [6, 6.07) is 34.9. The van der Waals surface area contributed by atoms with Gasteiger partial charge in [-0.05, 0) is 61.5 Å². The Hall–Kier alpha value is -4.76. The van der Waals surface area contributed by atoms with Crippen LogP contribution in [0.3, 0.4) is 0 Å². The molecule has 0 atom stereocenters. The molecule has 8 rings (SSSR count). The maximum absolute atomic E-state index is 4.56. The molecule has 0 spiro atoms. The standard InChI is InChI=1S/C32H19N3/c1-4-12-23-20(9-1)21-10-2-5-13-24(21)31-26-15-7-16-28-29(26)27(19-35(28)32-33-17-8-18-34-32)22-11-3-6-14-25(22)30(23)31/h1-19H. The first-order valence-corrected chi connectivity index (χ1v) is 11.9. The van der Waals surface area contributed by atoms with Crippen molar-refractivity contribution in [2.75, 3.05) is 0 Å². The molecule has 1 aliphatic rings. The number of benzene rings is 5. The molecule has 0 amide bonds. The average Bonchev–Trinajstić information content (AvgIpc) is 3.27. The fourth-order valence-electron chi connectivity index (χ4n) is 5.92. The first-order chi connectivity index (χ1) is 17.4. The van der Waals surface area contributed by atoms with Crippen LogP contribution in [0.2, 0.25) is 0 Å². The lowest BCUT2D eigenvalue weighted by Gasteiger charge is -2.18. The first kappa shape index (κ1) is 18.6. The molecule has 162 valence electrons. The van der Waals surface area contributed by atoms with Crippen molar-refractivity contribution in [3.05, 3.63) is 116 Å². The van der Waals surface area contributed by atoms with Crippen molar-refractivity contribution in [2.45, 2.75) is 0 Å². The molecule has 35 heavy (non-hydrogen) atoms. The van der Waals surface area contributed by atoms with E-state index in [4.69, 9.17) is 0 Å². The second-order valence-corrected chi connectivity index (χ2v) is 9.05. The van der Waals surface area contributed by atoms with Crippen molar-refractivity contribution in [2.24, 2.45) is 0 Å². The third-order valence-electron chi connectivity index (χ3n) is 7.29. The van der Waals surface area contributed by atoms with E-state index in [0.29, 0.717) is 5.95 Å². The zero-order valence-electron chi connectivity index (χ0n) is 18.8. The van der Waals surface area contributed by atoms with Crippen LogP contribution in [-0.2, 0) is 0 Å². The largest absolute Gasteiger partial charge is 0.285 e. The SMILES string of the molecule is c1cnc(-n2cc3c4c(cccc42)-c2c(c4ccccc4c4ccccc24)-c2ccccc2-3)nc1. The van der Waals surface area contributed by atoms with Crippen molar-refractivity contribution in [1.29, 1.82) is 0 Å². The predicted molar refractivity (Wildman–Crippen MR) is 144 cm³/mol. The quantitative estimate of drug-likeness (QED) is 0.239. The molecule has 0 saturated carbocycles. The summed E-state index contributed by atoms with van der Waals surface area (Å²) >= 11 is 0. The summed E-state index contributed by atoms with van der Waals surface area (Å²) in [5.41, 5.74) is 8.67. The Balaban J connectivity index is 1.66. The summed E-state index contributed by atoms with van der Waals surface area (Å²) < 4.78 is 2.12. The molecule has 2 heterocycles. The Labute approximate surface area is 202 Å². The average molecular weight is 446 g/mol. The van der Waals surface area contributed by atoms with Gasteiger partial charge in [-0.15, -0.1) is 0 Å². The van der Waals surface area contributed by atoms with Crippen molar-refractivity contribution in [1.82, 2.24) is 14.5 Å². The van der Waals surface area contributed by atoms with Gasteiger partial charge in [-0.1, -0.05) is 84.9 Å². The highest BCUT2D eigenvalue weighted by Gasteiger charge is 2.27. The van der Waals surface area contributed by atoms with Crippen LogP contribution in [-0.4, -0.2) is 14.5 Å². The lowest BCUT2D eigenvalue weighted by molar-refractivity contribution is 0.962. The molecule has 1 aliphatic carbocycles. The number of hydrogen-bond donors (Lipinski definition) is 0. The summed E-state index contributed by atoms with van der Waals surface area (Å²) in [6.07, 6.45) is 5.80. The first-order valence-electron chi connectivity index (χ1n) is 11.9. The van der Waals surface area contributed by atoms with E-state index in [-0.39, 0.29) is 0 Å². The Morgan fingerprint density at radius 2 is 1.03 bits per heavy atom. The van der Waals surface area contributed by atoms with E-state index in [1.807, 2.05) is 6.07 Å². The zero-order chi connectivity index (χ0) is 22.9. The minimum absolute atomic E-state index is 0.683. The van der Waals surface area contributed by atoms with E-state index in [2.05, 4.69) is 112 Å². The molecule has 3 nitrogen and oxygen atoms in total. The second-order valence-electron chi connectivity index (χ2n) is 9.05. The molecule has 0 saturated heterocycles. The van der Waals surface area contributed by atoms with E-state index >= 15 is 0 Å². The number of rotatable bonds is 1. The van der Waals surface area contributed by atoms with E-state index in [1.54, 1.807) is 12.4 Å². The Bertz CT molecular complexity index is 1950. The van der Waals surface area contributed by atoms with Crippen molar-refractivity contribution in [3.63, 3.8) is 0 Å². The van der Waals surface area contributed by atoms with E-state index in [1.165, 1.54) is 60.3 Å². The number of nitrogens with zero attached hydrogens (tertiary/aromatic N) is 3. The van der Waals surface area contributed by atoms with E-state index in [9.17, 15) is 0 Å². The molecular formula is C32H19N3. The van der Waals surface area contributed by atoms with Crippen LogP contribution < -0.4 is 0 Å². The van der Waals surface area contributed by atoms with Crippen LogP contribution in [0.25, 0.3) is 71.8 Å². The summed E-state index contributed by atoms with van der Waals surface area (Å²) in [7, 11) is 0. The van der Waals surface area contributed by atoms with Gasteiger partial charge in [0, 0.05) is 29.5 Å². The molecular weight excluding hydrogens is 426 g/mol. The van der Waals surface area contributed by atoms with Crippen LogP contribution in [0.1, 0.15) is 0 Å². The van der Waals surface area contributed by atoms with Crippen LogP contribution in [0.15, 0.2) is 116 Å².